The molecule has 0 bridgehead atoms. The molecule has 0 aliphatic carbocycles. The number of benzene rings is 1. The predicted molar refractivity (Wildman–Crippen MR) is 76.6 cm³/mol. The second-order valence-corrected chi connectivity index (χ2v) is 6.12. The number of hydrogen-bond donors (Lipinski definition) is 1. The number of thiazole rings is 1. The molecule has 2 nitrogen and oxygen atoms in total. The van der Waals surface area contributed by atoms with E-state index in [1.165, 1.54) is 0 Å². The fourth-order valence-electron chi connectivity index (χ4n) is 1.60. The van der Waals surface area contributed by atoms with Gasteiger partial charge in [-0.2, -0.15) is 0 Å². The highest BCUT2D eigenvalue weighted by molar-refractivity contribution is 9.10. The summed E-state index contributed by atoms with van der Waals surface area (Å²) in [5.74, 6) is 0. The normalized spacial score (nSPS) is 12.7. The van der Waals surface area contributed by atoms with Crippen molar-refractivity contribution >= 4 is 38.9 Å². The highest BCUT2D eigenvalue weighted by Crippen LogP contribution is 2.27. The van der Waals surface area contributed by atoms with E-state index >= 15 is 0 Å². The lowest BCUT2D eigenvalue weighted by atomic mass is 10.1. The van der Waals surface area contributed by atoms with Crippen LogP contribution >= 0.6 is 38.9 Å². The maximum Gasteiger partial charge on any atom is 0.0947 e. The third-order valence-electron chi connectivity index (χ3n) is 2.42. The first-order valence-electron chi connectivity index (χ1n) is 5.18. The molecule has 0 spiro atoms. The molecule has 2 aromatic rings. The molecular weight excluding hydrogens is 320 g/mol. The average molecular weight is 332 g/mol. The molecule has 0 aliphatic rings. The minimum Gasteiger partial charge on any atom is -0.324 e. The molecule has 0 fully saturated rings. The van der Waals surface area contributed by atoms with Crippen molar-refractivity contribution in [1.82, 2.24) is 4.98 Å². The lowest BCUT2D eigenvalue weighted by molar-refractivity contribution is 0.717. The Morgan fingerprint density at radius 1 is 1.53 bits per heavy atom. The van der Waals surface area contributed by atoms with Crippen molar-refractivity contribution in [1.29, 1.82) is 0 Å². The minimum absolute atomic E-state index is 0.110. The summed E-state index contributed by atoms with van der Waals surface area (Å²) in [5.41, 5.74) is 8.16. The summed E-state index contributed by atoms with van der Waals surface area (Å²) in [6.45, 7) is 1.98. The summed E-state index contributed by atoms with van der Waals surface area (Å²) >= 11 is 11.2. The standard InChI is InChI=1S/C12H12BrClN2S/c1-7-6-17-12(16-7)5-11(15)9-3-2-8(13)4-10(9)14/h2-4,6,11H,5,15H2,1H3. The average Bonchev–Trinajstić information content (AvgIpc) is 2.63. The molecule has 0 aliphatic heterocycles. The van der Waals surface area contributed by atoms with Crippen LogP contribution in [-0.2, 0) is 6.42 Å². The first-order chi connectivity index (χ1) is 8.06. The van der Waals surface area contributed by atoms with E-state index in [4.69, 9.17) is 17.3 Å². The van der Waals surface area contributed by atoms with Crippen molar-refractivity contribution in [2.24, 2.45) is 5.73 Å². The fourth-order valence-corrected chi connectivity index (χ4v) is 3.24. The molecule has 17 heavy (non-hydrogen) atoms. The van der Waals surface area contributed by atoms with Crippen molar-refractivity contribution in [3.8, 4) is 0 Å². The van der Waals surface area contributed by atoms with Crippen LogP contribution in [0.5, 0.6) is 0 Å². The molecule has 1 heterocycles. The number of hydrogen-bond acceptors (Lipinski definition) is 3. The van der Waals surface area contributed by atoms with E-state index in [2.05, 4.69) is 20.9 Å². The Labute approximate surface area is 118 Å². The third-order valence-corrected chi connectivity index (χ3v) is 4.23. The van der Waals surface area contributed by atoms with Crippen LogP contribution in [0.4, 0.5) is 0 Å². The minimum atomic E-state index is -0.110. The second kappa shape index (κ2) is 5.48. The van der Waals surface area contributed by atoms with E-state index in [-0.39, 0.29) is 6.04 Å². The SMILES string of the molecule is Cc1csc(CC(N)c2ccc(Br)cc2Cl)n1. The summed E-state index contributed by atoms with van der Waals surface area (Å²) in [5, 5.41) is 3.78. The number of nitrogens with zero attached hydrogens (tertiary/aromatic N) is 1. The number of nitrogens with two attached hydrogens (primary N) is 1. The molecule has 1 aromatic carbocycles. The molecule has 0 amide bonds. The van der Waals surface area contributed by atoms with Crippen LogP contribution in [-0.4, -0.2) is 4.98 Å². The van der Waals surface area contributed by atoms with Gasteiger partial charge < -0.3 is 5.73 Å². The van der Waals surface area contributed by atoms with Gasteiger partial charge in [-0.25, -0.2) is 4.98 Å². The predicted octanol–water partition coefficient (Wildman–Crippen LogP) is 4.11. The second-order valence-electron chi connectivity index (χ2n) is 3.86. The molecule has 0 saturated heterocycles. The first kappa shape index (κ1) is 13.0. The molecule has 90 valence electrons. The topological polar surface area (TPSA) is 38.9 Å². The Morgan fingerprint density at radius 2 is 2.29 bits per heavy atom. The van der Waals surface area contributed by atoms with E-state index < -0.39 is 0 Å². The van der Waals surface area contributed by atoms with Crippen LogP contribution in [0, 0.1) is 6.92 Å². The zero-order chi connectivity index (χ0) is 12.4. The van der Waals surface area contributed by atoms with Crippen molar-refractivity contribution < 1.29 is 0 Å². The molecule has 1 unspecified atom stereocenters. The Balaban J connectivity index is 2.17. The maximum atomic E-state index is 6.17. The zero-order valence-electron chi connectivity index (χ0n) is 9.28. The Morgan fingerprint density at radius 3 is 2.88 bits per heavy atom. The van der Waals surface area contributed by atoms with Crippen LogP contribution in [0.1, 0.15) is 22.3 Å². The van der Waals surface area contributed by atoms with E-state index in [1.807, 2.05) is 30.5 Å². The molecule has 5 heteroatoms. The fraction of sp³-hybridized carbons (Fsp3) is 0.250. The monoisotopic (exact) mass is 330 g/mol. The Bertz CT molecular complexity index is 527. The molecule has 0 radical (unpaired) electrons. The van der Waals surface area contributed by atoms with Crippen LogP contribution in [0.3, 0.4) is 0 Å². The Kier molecular flexibility index (Phi) is 4.20. The van der Waals surface area contributed by atoms with E-state index in [0.717, 1.165) is 27.2 Å². The molecular formula is C12H12BrClN2S. The lowest BCUT2D eigenvalue weighted by Gasteiger charge is -2.12. The van der Waals surface area contributed by atoms with Crippen LogP contribution in [0.15, 0.2) is 28.1 Å². The van der Waals surface area contributed by atoms with Gasteiger partial charge in [0.25, 0.3) is 0 Å². The van der Waals surface area contributed by atoms with Crippen LogP contribution in [0.25, 0.3) is 0 Å². The highest BCUT2D eigenvalue weighted by atomic mass is 79.9. The third kappa shape index (κ3) is 3.28. The van der Waals surface area contributed by atoms with Crippen molar-refractivity contribution in [2.75, 3.05) is 0 Å². The largest absolute Gasteiger partial charge is 0.324 e. The van der Waals surface area contributed by atoms with Gasteiger partial charge >= 0.3 is 0 Å². The van der Waals surface area contributed by atoms with Gasteiger partial charge in [-0.3, -0.25) is 0 Å². The van der Waals surface area contributed by atoms with Crippen molar-refractivity contribution in [3.05, 3.63) is 49.3 Å². The Hall–Kier alpha value is -0.420. The van der Waals surface area contributed by atoms with Crippen LogP contribution in [0.2, 0.25) is 5.02 Å². The summed E-state index contributed by atoms with van der Waals surface area (Å²) in [6, 6.07) is 5.66. The van der Waals surface area contributed by atoms with Gasteiger partial charge in [0, 0.05) is 33.0 Å². The number of rotatable bonds is 3. The summed E-state index contributed by atoms with van der Waals surface area (Å²) in [7, 11) is 0. The van der Waals surface area contributed by atoms with Gasteiger partial charge in [-0.05, 0) is 24.6 Å². The number of aryl methyl sites for hydroxylation is 1. The number of aromatic nitrogens is 1. The highest BCUT2D eigenvalue weighted by Gasteiger charge is 2.13. The van der Waals surface area contributed by atoms with Gasteiger partial charge in [-0.1, -0.05) is 33.6 Å². The van der Waals surface area contributed by atoms with Crippen molar-refractivity contribution in [3.63, 3.8) is 0 Å². The quantitative estimate of drug-likeness (QED) is 0.919. The molecule has 0 saturated carbocycles. The van der Waals surface area contributed by atoms with Gasteiger partial charge in [0.1, 0.15) is 0 Å². The summed E-state index contributed by atoms with van der Waals surface area (Å²) < 4.78 is 0.962. The van der Waals surface area contributed by atoms with E-state index in [9.17, 15) is 0 Å². The van der Waals surface area contributed by atoms with Gasteiger partial charge in [0.15, 0.2) is 0 Å². The summed E-state index contributed by atoms with van der Waals surface area (Å²) in [6.07, 6.45) is 0.722. The first-order valence-corrected chi connectivity index (χ1v) is 7.23. The molecule has 1 aromatic heterocycles. The maximum absolute atomic E-state index is 6.17. The van der Waals surface area contributed by atoms with E-state index in [1.54, 1.807) is 11.3 Å². The van der Waals surface area contributed by atoms with Gasteiger partial charge in [0.2, 0.25) is 0 Å². The smallest absolute Gasteiger partial charge is 0.0947 e. The molecule has 2 rings (SSSR count). The summed E-state index contributed by atoms with van der Waals surface area (Å²) in [4.78, 5) is 4.41. The number of halogens is 2. The lowest BCUT2D eigenvalue weighted by Crippen LogP contribution is -2.13. The van der Waals surface area contributed by atoms with Crippen molar-refractivity contribution in [2.45, 2.75) is 19.4 Å². The van der Waals surface area contributed by atoms with E-state index in [0.29, 0.717) is 5.02 Å². The zero-order valence-corrected chi connectivity index (χ0v) is 12.4. The molecule has 2 N–H and O–H groups in total. The molecule has 1 atom stereocenters. The van der Waals surface area contributed by atoms with Gasteiger partial charge in [0.05, 0.1) is 5.01 Å². The van der Waals surface area contributed by atoms with Gasteiger partial charge in [-0.15, -0.1) is 11.3 Å². The van der Waals surface area contributed by atoms with Crippen LogP contribution < -0.4 is 5.73 Å².